The van der Waals surface area contributed by atoms with E-state index in [4.69, 9.17) is 0 Å². The number of ether oxygens (including phenoxy) is 1. The fourth-order valence-corrected chi connectivity index (χ4v) is 2.53. The molecule has 0 radical (unpaired) electrons. The molecule has 6 nitrogen and oxygen atoms in total. The van der Waals surface area contributed by atoms with Crippen LogP contribution in [0, 0.1) is 0 Å². The number of carbonyl (C=O) groups excluding carboxylic acids is 1. The number of aromatic nitrogens is 2. The van der Waals surface area contributed by atoms with Crippen LogP contribution in [0.5, 0.6) is 5.75 Å². The van der Waals surface area contributed by atoms with E-state index in [1.54, 1.807) is 31.2 Å². The first-order valence-electron chi connectivity index (χ1n) is 7.85. The van der Waals surface area contributed by atoms with Crippen molar-refractivity contribution in [1.82, 2.24) is 9.78 Å². The van der Waals surface area contributed by atoms with Gasteiger partial charge in [0.25, 0.3) is 11.5 Å². The van der Waals surface area contributed by atoms with Crippen molar-refractivity contribution in [2.24, 2.45) is 0 Å². The van der Waals surface area contributed by atoms with Gasteiger partial charge in [-0.1, -0.05) is 18.2 Å². The summed E-state index contributed by atoms with van der Waals surface area (Å²) in [6.07, 6.45) is 0. The molecule has 1 heterocycles. The van der Waals surface area contributed by atoms with Crippen LogP contribution >= 0.6 is 0 Å². The summed E-state index contributed by atoms with van der Waals surface area (Å²) in [7, 11) is 0. The number of nitrogens with zero attached hydrogens (tertiary/aromatic N) is 2. The first-order chi connectivity index (χ1) is 12.5. The number of benzene rings is 2. The summed E-state index contributed by atoms with van der Waals surface area (Å²) in [5.74, 6) is -0.521. The molecule has 0 unspecified atom stereocenters. The molecule has 0 saturated carbocycles. The van der Waals surface area contributed by atoms with Gasteiger partial charge in [0.15, 0.2) is 5.69 Å². The second kappa shape index (κ2) is 7.30. The average molecular weight is 359 g/mol. The molecule has 0 bridgehead atoms. The summed E-state index contributed by atoms with van der Waals surface area (Å²) in [5, 5.41) is 7.62. The third-order valence-electron chi connectivity index (χ3n) is 3.72. The highest BCUT2D eigenvalue weighted by molar-refractivity contribution is 6.11. The predicted octanol–water partition coefficient (Wildman–Crippen LogP) is 3.27. The highest BCUT2D eigenvalue weighted by Crippen LogP contribution is 2.19. The number of rotatable bonds is 5. The van der Waals surface area contributed by atoms with Gasteiger partial charge in [0.05, 0.1) is 5.39 Å². The molecule has 0 aliphatic carbocycles. The van der Waals surface area contributed by atoms with E-state index in [1.807, 2.05) is 0 Å². The second-order valence-corrected chi connectivity index (χ2v) is 5.37. The Morgan fingerprint density at radius 2 is 1.81 bits per heavy atom. The van der Waals surface area contributed by atoms with Crippen molar-refractivity contribution < 1.29 is 18.3 Å². The molecule has 0 fully saturated rings. The van der Waals surface area contributed by atoms with Gasteiger partial charge in [-0.25, -0.2) is 4.68 Å². The summed E-state index contributed by atoms with van der Waals surface area (Å²) < 4.78 is 29.8. The lowest BCUT2D eigenvalue weighted by molar-refractivity contribution is -0.0498. The van der Waals surface area contributed by atoms with E-state index in [0.717, 1.165) is 0 Å². The molecule has 1 N–H and O–H groups in total. The van der Waals surface area contributed by atoms with E-state index in [0.29, 0.717) is 23.0 Å². The Morgan fingerprint density at radius 1 is 1.15 bits per heavy atom. The Hall–Kier alpha value is -3.29. The molecule has 0 atom stereocenters. The van der Waals surface area contributed by atoms with Crippen LogP contribution in [0.25, 0.3) is 10.8 Å². The SMILES string of the molecule is CCn1nc(C(=O)Nc2ccc(OC(F)F)cc2)c2ccccc2c1=O. The minimum atomic E-state index is -2.92. The Morgan fingerprint density at radius 3 is 2.42 bits per heavy atom. The minimum Gasteiger partial charge on any atom is -0.435 e. The highest BCUT2D eigenvalue weighted by Gasteiger charge is 2.16. The third-order valence-corrected chi connectivity index (χ3v) is 3.72. The van der Waals surface area contributed by atoms with Crippen LogP contribution in [-0.4, -0.2) is 22.3 Å². The lowest BCUT2D eigenvalue weighted by Gasteiger charge is -2.10. The van der Waals surface area contributed by atoms with Gasteiger partial charge in [0.2, 0.25) is 0 Å². The maximum atomic E-state index is 12.6. The quantitative estimate of drug-likeness (QED) is 0.759. The van der Waals surface area contributed by atoms with Crippen molar-refractivity contribution in [3.63, 3.8) is 0 Å². The molecule has 26 heavy (non-hydrogen) atoms. The molecule has 1 aromatic heterocycles. The zero-order chi connectivity index (χ0) is 18.7. The smallest absolute Gasteiger partial charge is 0.387 e. The Kier molecular flexibility index (Phi) is 4.92. The van der Waals surface area contributed by atoms with Crippen LogP contribution in [0.2, 0.25) is 0 Å². The number of hydrogen-bond acceptors (Lipinski definition) is 4. The van der Waals surface area contributed by atoms with Crippen molar-refractivity contribution in [2.75, 3.05) is 5.32 Å². The fourth-order valence-electron chi connectivity index (χ4n) is 2.53. The van der Waals surface area contributed by atoms with Gasteiger partial charge in [-0.05, 0) is 37.3 Å². The van der Waals surface area contributed by atoms with Gasteiger partial charge in [-0.3, -0.25) is 9.59 Å². The zero-order valence-corrected chi connectivity index (χ0v) is 13.8. The number of amides is 1. The van der Waals surface area contributed by atoms with Gasteiger partial charge in [-0.2, -0.15) is 13.9 Å². The molecule has 8 heteroatoms. The summed E-state index contributed by atoms with van der Waals surface area (Å²) in [5.41, 5.74) is 0.222. The maximum absolute atomic E-state index is 12.6. The van der Waals surface area contributed by atoms with Gasteiger partial charge in [-0.15, -0.1) is 0 Å². The van der Waals surface area contributed by atoms with Gasteiger partial charge >= 0.3 is 6.61 Å². The van der Waals surface area contributed by atoms with E-state index in [1.165, 1.54) is 28.9 Å². The van der Waals surface area contributed by atoms with Crippen LogP contribution in [-0.2, 0) is 6.54 Å². The largest absolute Gasteiger partial charge is 0.435 e. The molecule has 3 aromatic rings. The predicted molar refractivity (Wildman–Crippen MR) is 92.7 cm³/mol. The van der Waals surface area contributed by atoms with Crippen molar-refractivity contribution >= 4 is 22.4 Å². The molecule has 1 amide bonds. The Labute approximate surface area is 147 Å². The normalized spacial score (nSPS) is 10.9. The summed E-state index contributed by atoms with van der Waals surface area (Å²) >= 11 is 0. The van der Waals surface area contributed by atoms with Gasteiger partial charge in [0, 0.05) is 17.6 Å². The number of fused-ring (bicyclic) bond motifs is 1. The lowest BCUT2D eigenvalue weighted by atomic mass is 10.1. The average Bonchev–Trinajstić information content (AvgIpc) is 2.63. The number of alkyl halides is 2. The molecule has 134 valence electrons. The zero-order valence-electron chi connectivity index (χ0n) is 13.8. The molecule has 0 aliphatic heterocycles. The van der Waals surface area contributed by atoms with Crippen LogP contribution in [0.3, 0.4) is 0 Å². The van der Waals surface area contributed by atoms with Crippen LogP contribution < -0.4 is 15.6 Å². The number of carbonyl (C=O) groups is 1. The molecule has 3 rings (SSSR count). The van der Waals surface area contributed by atoms with Crippen molar-refractivity contribution in [2.45, 2.75) is 20.1 Å². The summed E-state index contributed by atoms with van der Waals surface area (Å²) in [4.78, 5) is 24.9. The molecule has 2 aromatic carbocycles. The molecule has 0 spiro atoms. The first-order valence-corrected chi connectivity index (χ1v) is 7.85. The maximum Gasteiger partial charge on any atom is 0.387 e. The van der Waals surface area contributed by atoms with E-state index in [-0.39, 0.29) is 17.0 Å². The first kappa shape index (κ1) is 17.5. The van der Waals surface area contributed by atoms with Gasteiger partial charge in [0.1, 0.15) is 5.75 Å². The van der Waals surface area contributed by atoms with Crippen molar-refractivity contribution in [3.05, 3.63) is 64.6 Å². The summed E-state index contributed by atoms with van der Waals surface area (Å²) in [6, 6.07) is 12.2. The number of anilines is 1. The van der Waals surface area contributed by atoms with Gasteiger partial charge < -0.3 is 10.1 Å². The van der Waals surface area contributed by atoms with E-state index in [2.05, 4.69) is 15.2 Å². The number of aryl methyl sites for hydroxylation is 1. The topological polar surface area (TPSA) is 73.2 Å². The molecular formula is C18H15F2N3O3. The fraction of sp³-hybridized carbons (Fsp3) is 0.167. The van der Waals surface area contributed by atoms with E-state index in [9.17, 15) is 18.4 Å². The molecular weight excluding hydrogens is 344 g/mol. The monoisotopic (exact) mass is 359 g/mol. The number of nitrogens with one attached hydrogen (secondary N) is 1. The Balaban J connectivity index is 1.93. The third kappa shape index (κ3) is 3.53. The standard InChI is InChI=1S/C18H15F2N3O3/c1-2-23-17(25)14-6-4-3-5-13(14)15(22-23)16(24)21-11-7-9-12(10-8-11)26-18(19)20/h3-10,18H,2H2,1H3,(H,21,24). The van der Waals surface area contributed by atoms with Crippen molar-refractivity contribution in [1.29, 1.82) is 0 Å². The van der Waals surface area contributed by atoms with Crippen LogP contribution in [0.1, 0.15) is 17.4 Å². The molecule has 0 saturated heterocycles. The minimum absolute atomic E-state index is 0.0129. The number of halogens is 2. The van der Waals surface area contributed by atoms with E-state index < -0.39 is 12.5 Å². The van der Waals surface area contributed by atoms with Crippen LogP contribution in [0.4, 0.5) is 14.5 Å². The lowest BCUT2D eigenvalue weighted by Crippen LogP contribution is -2.27. The number of hydrogen-bond donors (Lipinski definition) is 1. The molecule has 0 aliphatic rings. The second-order valence-electron chi connectivity index (χ2n) is 5.37. The summed E-state index contributed by atoms with van der Waals surface area (Å²) in [6.45, 7) is -0.836. The van der Waals surface area contributed by atoms with Crippen LogP contribution in [0.15, 0.2) is 53.3 Å². The van der Waals surface area contributed by atoms with Crippen molar-refractivity contribution in [3.8, 4) is 5.75 Å². The highest BCUT2D eigenvalue weighted by atomic mass is 19.3. The Bertz CT molecular complexity index is 1000. The van der Waals surface area contributed by atoms with E-state index >= 15 is 0 Å².